The molecule has 0 heterocycles. The Morgan fingerprint density at radius 3 is 2.00 bits per heavy atom. The van der Waals surface area contributed by atoms with E-state index in [4.69, 9.17) is 8.85 Å². The molecule has 0 aliphatic rings. The Hall–Kier alpha value is -0.643. The van der Waals surface area contributed by atoms with E-state index < -0.39 is 9.28 Å². The van der Waals surface area contributed by atoms with E-state index in [1.54, 1.807) is 14.2 Å². The lowest BCUT2D eigenvalue weighted by Gasteiger charge is -2.27. The minimum absolute atomic E-state index is 1.14. The first-order chi connectivity index (χ1) is 5.38. The zero-order chi connectivity index (χ0) is 8.10. The summed E-state index contributed by atoms with van der Waals surface area (Å²) in [6.45, 7) is 0. The number of benzene rings is 1. The molecular weight excluding hydrogens is 156 g/mol. The van der Waals surface area contributed by atoms with Gasteiger partial charge in [0.05, 0.1) is 0 Å². The largest absolute Gasteiger partial charge is 0.543 e. The van der Waals surface area contributed by atoms with Crippen LogP contribution in [0.3, 0.4) is 0 Å². The van der Waals surface area contributed by atoms with Gasteiger partial charge >= 0.3 is 0 Å². The Balaban J connectivity index is 2.74. The molecule has 0 unspecified atom stereocenters. The van der Waals surface area contributed by atoms with Crippen LogP contribution in [0.25, 0.3) is 0 Å². The highest BCUT2D eigenvalue weighted by atomic mass is 28.3. The Kier molecular flexibility index (Phi) is 3.29. The van der Waals surface area contributed by atoms with Crippen molar-refractivity contribution in [1.82, 2.24) is 0 Å². The SMILES string of the molecule is CO[Si-](OC)c1ccccc1. The van der Waals surface area contributed by atoms with Gasteiger partial charge in [-0.05, 0) is 14.2 Å². The molecule has 11 heavy (non-hydrogen) atoms. The van der Waals surface area contributed by atoms with Gasteiger partial charge in [0.1, 0.15) is 0 Å². The van der Waals surface area contributed by atoms with Gasteiger partial charge in [-0.2, -0.15) is 0 Å². The van der Waals surface area contributed by atoms with Gasteiger partial charge in [-0.1, -0.05) is 30.3 Å². The Labute approximate surface area is 68.6 Å². The molecular formula is C8H11O2Si-. The summed E-state index contributed by atoms with van der Waals surface area (Å²) in [5, 5.41) is 1.14. The maximum Gasteiger partial charge on any atom is 0.00910 e. The fraction of sp³-hybridized carbons (Fsp3) is 0.250. The van der Waals surface area contributed by atoms with Gasteiger partial charge in [0.15, 0.2) is 0 Å². The van der Waals surface area contributed by atoms with E-state index in [0.29, 0.717) is 0 Å². The third kappa shape index (κ3) is 2.15. The normalized spacial score (nSPS) is 9.64. The van der Waals surface area contributed by atoms with Crippen LogP contribution in [0.4, 0.5) is 0 Å². The summed E-state index contributed by atoms with van der Waals surface area (Å²) in [6.07, 6.45) is 0. The summed E-state index contributed by atoms with van der Waals surface area (Å²) < 4.78 is 10.3. The van der Waals surface area contributed by atoms with Crippen LogP contribution in [0.15, 0.2) is 30.3 Å². The molecule has 2 nitrogen and oxygen atoms in total. The first kappa shape index (κ1) is 8.45. The molecule has 0 saturated heterocycles. The quantitative estimate of drug-likeness (QED) is 0.616. The van der Waals surface area contributed by atoms with E-state index in [1.807, 2.05) is 30.3 Å². The van der Waals surface area contributed by atoms with Crippen LogP contribution in [0, 0.1) is 0 Å². The molecule has 0 aliphatic heterocycles. The van der Waals surface area contributed by atoms with Crippen molar-refractivity contribution in [2.45, 2.75) is 0 Å². The molecule has 1 aromatic rings. The number of hydrogen-bond donors (Lipinski definition) is 0. The van der Waals surface area contributed by atoms with Crippen LogP contribution in [-0.2, 0) is 8.85 Å². The molecule has 0 saturated carbocycles. The minimum Gasteiger partial charge on any atom is -0.543 e. The average molecular weight is 167 g/mol. The summed E-state index contributed by atoms with van der Waals surface area (Å²) in [6, 6.07) is 9.98. The molecule has 0 N–H and O–H groups in total. The van der Waals surface area contributed by atoms with Gasteiger partial charge < -0.3 is 8.85 Å². The highest BCUT2D eigenvalue weighted by Crippen LogP contribution is 1.89. The van der Waals surface area contributed by atoms with E-state index in [-0.39, 0.29) is 0 Å². The maximum absolute atomic E-state index is 5.17. The van der Waals surface area contributed by atoms with Crippen molar-refractivity contribution in [3.8, 4) is 0 Å². The van der Waals surface area contributed by atoms with Crippen LogP contribution in [0.2, 0.25) is 0 Å². The molecule has 0 fully saturated rings. The average Bonchev–Trinajstić information content (AvgIpc) is 2.09. The number of hydrogen-bond acceptors (Lipinski definition) is 2. The van der Waals surface area contributed by atoms with E-state index >= 15 is 0 Å². The molecule has 0 aromatic heterocycles. The van der Waals surface area contributed by atoms with E-state index in [1.165, 1.54) is 0 Å². The molecule has 0 spiro atoms. The van der Waals surface area contributed by atoms with Gasteiger partial charge in [-0.25, -0.2) is 0 Å². The molecule has 0 atom stereocenters. The third-order valence-electron chi connectivity index (χ3n) is 1.38. The highest BCUT2D eigenvalue weighted by molar-refractivity contribution is 6.61. The summed E-state index contributed by atoms with van der Waals surface area (Å²) in [4.78, 5) is 0. The molecule has 0 aliphatic carbocycles. The minimum atomic E-state index is -1.20. The molecule has 1 aromatic carbocycles. The van der Waals surface area contributed by atoms with Gasteiger partial charge in [-0.15, -0.1) is 5.19 Å². The van der Waals surface area contributed by atoms with Gasteiger partial charge in [0.2, 0.25) is 0 Å². The second-order valence-corrected chi connectivity index (χ2v) is 4.03. The molecule has 0 bridgehead atoms. The Morgan fingerprint density at radius 2 is 1.55 bits per heavy atom. The predicted molar refractivity (Wildman–Crippen MR) is 45.8 cm³/mol. The van der Waals surface area contributed by atoms with Crippen molar-refractivity contribution < 1.29 is 8.85 Å². The third-order valence-corrected chi connectivity index (χ3v) is 2.93. The molecule has 3 heteroatoms. The lowest BCUT2D eigenvalue weighted by molar-refractivity contribution is 0.292. The van der Waals surface area contributed by atoms with Crippen molar-refractivity contribution >= 4 is 14.5 Å². The lowest BCUT2D eigenvalue weighted by Crippen LogP contribution is -2.34. The van der Waals surface area contributed by atoms with Crippen molar-refractivity contribution in [2.75, 3.05) is 14.2 Å². The van der Waals surface area contributed by atoms with Crippen molar-refractivity contribution in [1.29, 1.82) is 0 Å². The maximum atomic E-state index is 5.17. The van der Waals surface area contributed by atoms with Gasteiger partial charge in [-0.3, -0.25) is 0 Å². The van der Waals surface area contributed by atoms with Gasteiger partial charge in [0, 0.05) is 9.28 Å². The van der Waals surface area contributed by atoms with Crippen LogP contribution in [-0.4, -0.2) is 23.5 Å². The smallest absolute Gasteiger partial charge is 0.00910 e. The zero-order valence-electron chi connectivity index (χ0n) is 6.70. The van der Waals surface area contributed by atoms with Crippen molar-refractivity contribution in [3.63, 3.8) is 0 Å². The molecule has 0 amide bonds. The van der Waals surface area contributed by atoms with Crippen LogP contribution >= 0.6 is 0 Å². The summed E-state index contributed by atoms with van der Waals surface area (Å²) in [5.41, 5.74) is 0. The predicted octanol–water partition coefficient (Wildman–Crippen LogP) is 0.675. The lowest BCUT2D eigenvalue weighted by atomic mass is 10.4. The van der Waals surface area contributed by atoms with Crippen molar-refractivity contribution in [2.24, 2.45) is 0 Å². The zero-order valence-corrected chi connectivity index (χ0v) is 7.70. The number of rotatable bonds is 3. The second-order valence-electron chi connectivity index (χ2n) is 2.06. The van der Waals surface area contributed by atoms with Gasteiger partial charge in [0.25, 0.3) is 0 Å². The molecule has 60 valence electrons. The topological polar surface area (TPSA) is 18.5 Å². The summed E-state index contributed by atoms with van der Waals surface area (Å²) in [5.74, 6) is 0. The standard InChI is InChI=1S/C8H11O2Si/c1-9-11(10-2)8-6-4-3-5-7-8/h3-7H,1-2H3/q-1. The highest BCUT2D eigenvalue weighted by Gasteiger charge is 1.92. The van der Waals surface area contributed by atoms with E-state index in [9.17, 15) is 0 Å². The molecule has 0 radical (unpaired) electrons. The summed E-state index contributed by atoms with van der Waals surface area (Å²) >= 11 is 0. The van der Waals surface area contributed by atoms with Crippen LogP contribution in [0.5, 0.6) is 0 Å². The van der Waals surface area contributed by atoms with Crippen LogP contribution < -0.4 is 5.19 Å². The van der Waals surface area contributed by atoms with Crippen LogP contribution in [0.1, 0.15) is 0 Å². The fourth-order valence-electron chi connectivity index (χ4n) is 0.893. The van der Waals surface area contributed by atoms with E-state index in [2.05, 4.69) is 0 Å². The second kappa shape index (κ2) is 4.28. The fourth-order valence-corrected chi connectivity index (χ4v) is 2.00. The summed E-state index contributed by atoms with van der Waals surface area (Å²) in [7, 11) is 2.14. The van der Waals surface area contributed by atoms with E-state index in [0.717, 1.165) is 5.19 Å². The van der Waals surface area contributed by atoms with Crippen molar-refractivity contribution in [3.05, 3.63) is 30.3 Å². The molecule has 1 rings (SSSR count). The first-order valence-electron chi connectivity index (χ1n) is 3.39. The monoisotopic (exact) mass is 167 g/mol. The Morgan fingerprint density at radius 1 is 1.00 bits per heavy atom. The Bertz CT molecular complexity index is 197. The first-order valence-corrected chi connectivity index (χ1v) is 4.70.